The largest absolute Gasteiger partial charge is 0.467 e. The average molecular weight is 598 g/mol. The molecule has 4 aromatic rings. The van der Waals surface area contributed by atoms with E-state index in [4.69, 9.17) is 29.2 Å². The normalized spacial score (nSPS) is 20.7. The maximum absolute atomic E-state index is 13.7. The number of hydrogen-bond donors (Lipinski definition) is 1. The summed E-state index contributed by atoms with van der Waals surface area (Å²) in [5.41, 5.74) is 5.47. The number of morpholine rings is 2. The molecule has 0 saturated carbocycles. The van der Waals surface area contributed by atoms with E-state index in [1.54, 1.807) is 0 Å². The summed E-state index contributed by atoms with van der Waals surface area (Å²) >= 11 is 0. The number of benzene rings is 2. The Kier molecular flexibility index (Phi) is 7.82. The van der Waals surface area contributed by atoms with Crippen LogP contribution in [-0.4, -0.2) is 91.7 Å². The van der Waals surface area contributed by atoms with Crippen LogP contribution in [0.2, 0.25) is 0 Å². The Morgan fingerprint density at radius 1 is 0.864 bits per heavy atom. The first-order valence-corrected chi connectivity index (χ1v) is 15.5. The summed E-state index contributed by atoms with van der Waals surface area (Å²) in [7, 11) is 1.45. The maximum Gasteiger partial charge on any atom is 0.328 e. The summed E-state index contributed by atoms with van der Waals surface area (Å²) in [5, 5.41) is 1.11. The van der Waals surface area contributed by atoms with Crippen molar-refractivity contribution in [3.63, 3.8) is 0 Å². The minimum Gasteiger partial charge on any atom is -0.467 e. The van der Waals surface area contributed by atoms with Gasteiger partial charge in [0.05, 0.1) is 39.6 Å². The van der Waals surface area contributed by atoms with Gasteiger partial charge in [-0.2, -0.15) is 15.0 Å². The van der Waals surface area contributed by atoms with Crippen molar-refractivity contribution in [3.8, 4) is 0 Å². The fraction of sp³-hybridized carbons (Fsp3) is 0.455. The summed E-state index contributed by atoms with van der Waals surface area (Å²) in [6.07, 6.45) is 0.456. The number of aromatic nitrogens is 4. The SMILES string of the molecule is COC(=O)[C@@H]1Cc2c([nH]c3ccccc23)[C@@H](c2ccc(C(C)C)cc2)N1c1nc(N2CCOCC2)nc(N2CCOCC2)n1. The van der Waals surface area contributed by atoms with Crippen LogP contribution in [0.1, 0.15) is 48.2 Å². The zero-order valence-electron chi connectivity index (χ0n) is 25.5. The molecule has 2 atom stereocenters. The predicted molar refractivity (Wildman–Crippen MR) is 169 cm³/mol. The van der Waals surface area contributed by atoms with Gasteiger partial charge in [-0.1, -0.05) is 56.3 Å². The monoisotopic (exact) mass is 597 g/mol. The fourth-order valence-electron chi connectivity index (χ4n) is 6.53. The van der Waals surface area contributed by atoms with Crippen LogP contribution >= 0.6 is 0 Å². The van der Waals surface area contributed by atoms with Crippen LogP contribution in [0, 0.1) is 0 Å². The Morgan fingerprint density at radius 2 is 1.45 bits per heavy atom. The third-order valence-corrected chi connectivity index (χ3v) is 8.94. The first-order valence-electron chi connectivity index (χ1n) is 15.5. The highest BCUT2D eigenvalue weighted by Crippen LogP contribution is 2.43. The second kappa shape index (κ2) is 12.0. The number of aromatic amines is 1. The number of para-hydroxylation sites is 1. The number of hydrogen-bond acceptors (Lipinski definition) is 10. The molecule has 2 fully saturated rings. The quantitative estimate of drug-likeness (QED) is 0.329. The van der Waals surface area contributed by atoms with Crippen LogP contribution in [0.3, 0.4) is 0 Å². The second-order valence-electron chi connectivity index (χ2n) is 11.9. The molecule has 0 aliphatic carbocycles. The topological polar surface area (TPSA) is 109 Å². The van der Waals surface area contributed by atoms with Gasteiger partial charge < -0.3 is 33.9 Å². The van der Waals surface area contributed by atoms with Gasteiger partial charge in [0, 0.05) is 49.2 Å². The molecule has 230 valence electrons. The van der Waals surface area contributed by atoms with Gasteiger partial charge in [-0.05, 0) is 28.7 Å². The minimum atomic E-state index is -0.654. The molecule has 2 saturated heterocycles. The summed E-state index contributed by atoms with van der Waals surface area (Å²) < 4.78 is 16.7. The van der Waals surface area contributed by atoms with E-state index in [9.17, 15) is 4.79 Å². The maximum atomic E-state index is 13.7. The number of rotatable bonds is 6. The first kappa shape index (κ1) is 28.5. The van der Waals surface area contributed by atoms with E-state index < -0.39 is 6.04 Å². The van der Waals surface area contributed by atoms with Gasteiger partial charge in [0.25, 0.3) is 0 Å². The van der Waals surface area contributed by atoms with Gasteiger partial charge in [0.2, 0.25) is 17.8 Å². The number of fused-ring (bicyclic) bond motifs is 3. The molecule has 2 aromatic heterocycles. The molecular weight excluding hydrogens is 558 g/mol. The Labute approximate surface area is 257 Å². The van der Waals surface area contributed by atoms with E-state index in [1.165, 1.54) is 12.7 Å². The molecule has 44 heavy (non-hydrogen) atoms. The molecule has 2 aromatic carbocycles. The summed E-state index contributed by atoms with van der Waals surface area (Å²) in [6.45, 7) is 9.51. The van der Waals surface area contributed by atoms with E-state index in [0.717, 1.165) is 27.7 Å². The van der Waals surface area contributed by atoms with Crippen molar-refractivity contribution < 1.29 is 19.0 Å². The van der Waals surface area contributed by atoms with Crippen molar-refractivity contribution in [2.45, 2.75) is 38.3 Å². The van der Waals surface area contributed by atoms with Crippen molar-refractivity contribution in [2.75, 3.05) is 74.4 Å². The molecule has 11 nitrogen and oxygen atoms in total. The third-order valence-electron chi connectivity index (χ3n) is 8.94. The van der Waals surface area contributed by atoms with E-state index >= 15 is 0 Å². The number of methoxy groups -OCH3 is 1. The number of anilines is 3. The number of nitrogens with one attached hydrogen (secondary N) is 1. The van der Waals surface area contributed by atoms with Gasteiger partial charge in [0.1, 0.15) is 6.04 Å². The molecule has 0 amide bonds. The molecule has 5 heterocycles. The standard InChI is InChI=1S/C33H39N7O4/c1-21(2)22-8-10-23(11-9-22)29-28-25(24-6-4-5-7-26(24)34-28)20-27(30(41)42-3)40(29)33-36-31(38-12-16-43-17-13-38)35-32(37-33)39-14-18-44-19-15-39/h4-11,21,27,29,34H,12-20H2,1-3H3/t27-,29+/m0/s1. The lowest BCUT2D eigenvalue weighted by Crippen LogP contribution is -2.50. The molecule has 7 rings (SSSR count). The van der Waals surface area contributed by atoms with E-state index in [0.29, 0.717) is 82.8 Å². The molecule has 0 spiro atoms. The number of esters is 1. The van der Waals surface area contributed by atoms with Gasteiger partial charge in [0.15, 0.2) is 0 Å². The number of H-pyrrole nitrogens is 1. The molecule has 0 unspecified atom stereocenters. The Balaban J connectivity index is 1.44. The lowest BCUT2D eigenvalue weighted by molar-refractivity contribution is -0.142. The number of carbonyl (C=O) groups excluding carboxylic acids is 1. The molecule has 0 bridgehead atoms. The Hall–Kier alpha value is -4.22. The van der Waals surface area contributed by atoms with Gasteiger partial charge in [-0.25, -0.2) is 4.79 Å². The van der Waals surface area contributed by atoms with Gasteiger partial charge >= 0.3 is 5.97 Å². The average Bonchev–Trinajstić information content (AvgIpc) is 3.46. The van der Waals surface area contributed by atoms with Crippen LogP contribution in [0.25, 0.3) is 10.9 Å². The van der Waals surface area contributed by atoms with Crippen LogP contribution in [-0.2, 0) is 25.4 Å². The van der Waals surface area contributed by atoms with Crippen molar-refractivity contribution >= 4 is 34.7 Å². The molecule has 0 radical (unpaired) electrons. The number of carbonyl (C=O) groups is 1. The van der Waals surface area contributed by atoms with Gasteiger partial charge in [-0.3, -0.25) is 0 Å². The lowest BCUT2D eigenvalue weighted by Gasteiger charge is -2.41. The van der Waals surface area contributed by atoms with Crippen LogP contribution < -0.4 is 14.7 Å². The van der Waals surface area contributed by atoms with E-state index in [2.05, 4.69) is 65.0 Å². The zero-order chi connectivity index (χ0) is 30.2. The second-order valence-corrected chi connectivity index (χ2v) is 11.9. The highest BCUT2D eigenvalue weighted by Gasteiger charge is 2.43. The molecule has 3 aliphatic heterocycles. The zero-order valence-corrected chi connectivity index (χ0v) is 25.5. The summed E-state index contributed by atoms with van der Waals surface area (Å²) in [4.78, 5) is 38.9. The summed E-state index contributed by atoms with van der Waals surface area (Å²) in [6, 6.07) is 15.9. The van der Waals surface area contributed by atoms with E-state index in [1.807, 2.05) is 17.0 Å². The van der Waals surface area contributed by atoms with Crippen molar-refractivity contribution in [1.82, 2.24) is 19.9 Å². The van der Waals surface area contributed by atoms with Crippen molar-refractivity contribution in [3.05, 3.63) is 70.9 Å². The van der Waals surface area contributed by atoms with Crippen molar-refractivity contribution in [2.24, 2.45) is 0 Å². The number of ether oxygens (including phenoxy) is 3. The fourth-order valence-corrected chi connectivity index (χ4v) is 6.53. The first-order chi connectivity index (χ1) is 21.5. The van der Waals surface area contributed by atoms with E-state index in [-0.39, 0.29) is 12.0 Å². The van der Waals surface area contributed by atoms with Crippen LogP contribution in [0.15, 0.2) is 48.5 Å². The molecular formula is C33H39N7O4. The molecule has 3 aliphatic rings. The highest BCUT2D eigenvalue weighted by molar-refractivity contribution is 5.89. The molecule has 1 N–H and O–H groups in total. The summed E-state index contributed by atoms with van der Waals surface area (Å²) in [5.74, 6) is 1.68. The van der Waals surface area contributed by atoms with Crippen LogP contribution in [0.5, 0.6) is 0 Å². The smallest absolute Gasteiger partial charge is 0.328 e. The number of nitrogens with zero attached hydrogens (tertiary/aromatic N) is 6. The van der Waals surface area contributed by atoms with Crippen LogP contribution in [0.4, 0.5) is 17.8 Å². The molecule has 11 heteroatoms. The Morgan fingerprint density at radius 3 is 2.05 bits per heavy atom. The lowest BCUT2D eigenvalue weighted by atomic mass is 9.87. The minimum absolute atomic E-state index is 0.328. The predicted octanol–water partition coefficient (Wildman–Crippen LogP) is 3.84. The van der Waals surface area contributed by atoms with Crippen molar-refractivity contribution in [1.29, 1.82) is 0 Å². The Bertz CT molecular complexity index is 1590. The third kappa shape index (κ3) is 5.24. The highest BCUT2D eigenvalue weighted by atomic mass is 16.5. The van der Waals surface area contributed by atoms with Gasteiger partial charge in [-0.15, -0.1) is 0 Å².